The van der Waals surface area contributed by atoms with Gasteiger partial charge >= 0.3 is 0 Å². The predicted octanol–water partition coefficient (Wildman–Crippen LogP) is 5.04. The van der Waals surface area contributed by atoms with Gasteiger partial charge in [0.25, 0.3) is 0 Å². The summed E-state index contributed by atoms with van der Waals surface area (Å²) >= 11 is 0. The molecule has 1 N–H and O–H groups in total. The van der Waals surface area contributed by atoms with Gasteiger partial charge in [0, 0.05) is 23.4 Å². The zero-order chi connectivity index (χ0) is 17.9. The van der Waals surface area contributed by atoms with Gasteiger partial charge in [-0.2, -0.15) is 5.06 Å². The monoisotopic (exact) mass is 332 g/mol. The van der Waals surface area contributed by atoms with Crippen LogP contribution in [0.4, 0.5) is 0 Å². The molecule has 2 rings (SSSR count). The molecule has 0 radical (unpaired) electrons. The lowest BCUT2D eigenvalue weighted by Crippen LogP contribution is -2.62. The summed E-state index contributed by atoms with van der Waals surface area (Å²) in [4.78, 5) is 6.42. The summed E-state index contributed by atoms with van der Waals surface area (Å²) in [5.74, 6) is 0.147. The SMILES string of the molecule is CCC1(CC)C(=NO)C(C)C(C)N(OC(C)c2ccccc2)C1C. The highest BCUT2D eigenvalue weighted by Crippen LogP contribution is 2.45. The van der Waals surface area contributed by atoms with Crippen LogP contribution in [-0.4, -0.2) is 28.1 Å². The molecule has 1 aliphatic rings. The van der Waals surface area contributed by atoms with Crippen LogP contribution in [-0.2, 0) is 4.84 Å². The first-order valence-electron chi connectivity index (χ1n) is 9.15. The molecule has 4 heteroatoms. The minimum absolute atomic E-state index is 0.0117. The first-order chi connectivity index (χ1) is 11.4. The van der Waals surface area contributed by atoms with Gasteiger partial charge in [0.05, 0.1) is 5.71 Å². The molecular weight excluding hydrogens is 300 g/mol. The number of piperidine rings is 1. The predicted molar refractivity (Wildman–Crippen MR) is 98.1 cm³/mol. The molecule has 0 amide bonds. The van der Waals surface area contributed by atoms with E-state index in [0.717, 1.165) is 18.6 Å². The Kier molecular flexibility index (Phi) is 6.05. The lowest BCUT2D eigenvalue weighted by atomic mass is 9.64. The van der Waals surface area contributed by atoms with Crippen LogP contribution < -0.4 is 0 Å². The molecule has 1 heterocycles. The summed E-state index contributed by atoms with van der Waals surface area (Å²) in [6.45, 7) is 12.9. The standard InChI is InChI=1S/C20H32N2O2/c1-7-20(8-2)17(6)22(15(4)14(3)19(20)21-23)24-16(5)18-12-10-9-11-13-18/h9-17,23H,7-8H2,1-6H3. The summed E-state index contributed by atoms with van der Waals surface area (Å²) in [6.07, 6.45) is 1.85. The quantitative estimate of drug-likeness (QED) is 0.606. The number of hydrogen-bond acceptors (Lipinski definition) is 4. The third kappa shape index (κ3) is 3.09. The third-order valence-electron chi connectivity index (χ3n) is 6.17. The Morgan fingerprint density at radius 1 is 1.17 bits per heavy atom. The molecule has 0 aromatic heterocycles. The van der Waals surface area contributed by atoms with Gasteiger partial charge in [-0.25, -0.2) is 0 Å². The molecule has 4 atom stereocenters. The zero-order valence-electron chi connectivity index (χ0n) is 15.9. The van der Waals surface area contributed by atoms with Crippen LogP contribution in [0.2, 0.25) is 0 Å². The van der Waals surface area contributed by atoms with Crippen molar-refractivity contribution in [3.63, 3.8) is 0 Å². The zero-order valence-corrected chi connectivity index (χ0v) is 15.9. The maximum absolute atomic E-state index is 9.67. The Morgan fingerprint density at radius 2 is 1.75 bits per heavy atom. The van der Waals surface area contributed by atoms with E-state index in [4.69, 9.17) is 4.84 Å². The minimum atomic E-state index is -0.156. The van der Waals surface area contributed by atoms with Gasteiger partial charge in [-0.15, -0.1) is 0 Å². The number of rotatable bonds is 5. The molecule has 1 aliphatic heterocycles. The van der Waals surface area contributed by atoms with Gasteiger partial charge in [-0.1, -0.05) is 56.3 Å². The number of hydrogen-bond donors (Lipinski definition) is 1. The second kappa shape index (κ2) is 7.66. The average molecular weight is 332 g/mol. The van der Waals surface area contributed by atoms with Crippen molar-refractivity contribution in [1.29, 1.82) is 0 Å². The smallest absolute Gasteiger partial charge is 0.101 e. The Hall–Kier alpha value is -1.39. The lowest BCUT2D eigenvalue weighted by Gasteiger charge is -2.53. The second-order valence-corrected chi connectivity index (χ2v) is 7.07. The van der Waals surface area contributed by atoms with E-state index in [9.17, 15) is 5.21 Å². The molecule has 4 unspecified atom stereocenters. The van der Waals surface area contributed by atoms with Gasteiger partial charge in [-0.3, -0.25) is 4.84 Å². The summed E-state index contributed by atoms with van der Waals surface area (Å²) in [7, 11) is 0. The molecule has 0 saturated carbocycles. The van der Waals surface area contributed by atoms with E-state index < -0.39 is 0 Å². The fourth-order valence-electron chi connectivity index (χ4n) is 4.26. The van der Waals surface area contributed by atoms with Crippen molar-refractivity contribution in [2.45, 2.75) is 72.6 Å². The Morgan fingerprint density at radius 3 is 2.25 bits per heavy atom. The normalized spacial score (nSPS) is 30.4. The van der Waals surface area contributed by atoms with E-state index in [-0.39, 0.29) is 29.5 Å². The highest BCUT2D eigenvalue weighted by molar-refractivity contribution is 5.93. The Labute approximate surface area is 146 Å². The Balaban J connectivity index is 2.32. The number of nitrogens with zero attached hydrogens (tertiary/aromatic N) is 2. The highest BCUT2D eigenvalue weighted by Gasteiger charge is 2.51. The lowest BCUT2D eigenvalue weighted by molar-refractivity contribution is -0.263. The highest BCUT2D eigenvalue weighted by atomic mass is 16.7. The van der Waals surface area contributed by atoms with Crippen molar-refractivity contribution in [2.75, 3.05) is 0 Å². The van der Waals surface area contributed by atoms with Gasteiger partial charge in [0.2, 0.25) is 0 Å². The van der Waals surface area contributed by atoms with Crippen LogP contribution in [0.25, 0.3) is 0 Å². The van der Waals surface area contributed by atoms with E-state index >= 15 is 0 Å². The van der Waals surface area contributed by atoms with Crippen molar-refractivity contribution in [3.05, 3.63) is 35.9 Å². The van der Waals surface area contributed by atoms with Crippen LogP contribution in [0.3, 0.4) is 0 Å². The summed E-state index contributed by atoms with van der Waals surface area (Å²) in [5, 5.41) is 15.5. The van der Waals surface area contributed by atoms with Crippen LogP contribution in [0.15, 0.2) is 35.5 Å². The number of oxime groups is 1. The van der Waals surface area contributed by atoms with Crippen molar-refractivity contribution in [2.24, 2.45) is 16.5 Å². The first kappa shape index (κ1) is 18.9. The molecule has 24 heavy (non-hydrogen) atoms. The van der Waals surface area contributed by atoms with Crippen molar-refractivity contribution in [1.82, 2.24) is 5.06 Å². The van der Waals surface area contributed by atoms with Crippen LogP contribution in [0, 0.1) is 11.3 Å². The van der Waals surface area contributed by atoms with Gasteiger partial charge < -0.3 is 5.21 Å². The second-order valence-electron chi connectivity index (χ2n) is 7.07. The molecule has 0 bridgehead atoms. The van der Waals surface area contributed by atoms with Crippen LogP contribution in [0.5, 0.6) is 0 Å². The van der Waals surface area contributed by atoms with Gasteiger partial charge in [0.15, 0.2) is 0 Å². The summed E-state index contributed by atoms with van der Waals surface area (Å²) in [5.41, 5.74) is 1.93. The maximum Gasteiger partial charge on any atom is 0.101 e. The molecule has 1 saturated heterocycles. The van der Waals surface area contributed by atoms with Crippen LogP contribution in [0.1, 0.15) is 66.1 Å². The van der Waals surface area contributed by atoms with E-state index in [1.165, 1.54) is 5.56 Å². The van der Waals surface area contributed by atoms with E-state index in [1.54, 1.807) is 0 Å². The minimum Gasteiger partial charge on any atom is -0.411 e. The van der Waals surface area contributed by atoms with Crippen molar-refractivity contribution >= 4 is 5.71 Å². The Bertz CT molecular complexity index is 554. The van der Waals surface area contributed by atoms with Crippen molar-refractivity contribution < 1.29 is 10.0 Å². The average Bonchev–Trinajstić information content (AvgIpc) is 2.62. The molecule has 0 aliphatic carbocycles. The fourth-order valence-corrected chi connectivity index (χ4v) is 4.26. The molecule has 0 spiro atoms. The first-order valence-corrected chi connectivity index (χ1v) is 9.15. The molecule has 134 valence electrons. The molecule has 1 fully saturated rings. The van der Waals surface area contributed by atoms with E-state index in [2.05, 4.69) is 63.9 Å². The van der Waals surface area contributed by atoms with Crippen molar-refractivity contribution in [3.8, 4) is 0 Å². The van der Waals surface area contributed by atoms with E-state index in [0.29, 0.717) is 0 Å². The van der Waals surface area contributed by atoms with Gasteiger partial charge in [0.1, 0.15) is 6.10 Å². The third-order valence-corrected chi connectivity index (χ3v) is 6.17. The number of benzene rings is 1. The maximum atomic E-state index is 9.67. The van der Waals surface area contributed by atoms with Crippen LogP contribution >= 0.6 is 0 Å². The fraction of sp³-hybridized carbons (Fsp3) is 0.650. The molecule has 1 aromatic rings. The number of hydroxylamine groups is 2. The van der Waals surface area contributed by atoms with E-state index in [1.807, 2.05) is 18.2 Å². The largest absolute Gasteiger partial charge is 0.411 e. The topological polar surface area (TPSA) is 45.1 Å². The molecular formula is C20H32N2O2. The van der Waals surface area contributed by atoms with Gasteiger partial charge in [-0.05, 0) is 39.2 Å². The summed E-state index contributed by atoms with van der Waals surface area (Å²) in [6, 6.07) is 10.6. The summed E-state index contributed by atoms with van der Waals surface area (Å²) < 4.78 is 0. The molecule has 4 nitrogen and oxygen atoms in total. The molecule has 1 aromatic carbocycles.